The molecule has 0 aliphatic carbocycles. The smallest absolute Gasteiger partial charge is 0.255 e. The molecule has 1 aliphatic heterocycles. The highest BCUT2D eigenvalue weighted by molar-refractivity contribution is 5.95. The number of piperidine rings is 1. The Morgan fingerprint density at radius 1 is 1.45 bits per heavy atom. The van der Waals surface area contributed by atoms with Crippen LogP contribution in [0.25, 0.3) is 0 Å². The summed E-state index contributed by atoms with van der Waals surface area (Å²) in [7, 11) is 0. The Kier molecular flexibility index (Phi) is 4.70. The number of hydrogen-bond acceptors (Lipinski definition) is 4. The molecule has 1 saturated heterocycles. The third kappa shape index (κ3) is 3.15. The van der Waals surface area contributed by atoms with Crippen LogP contribution in [0, 0.1) is 12.8 Å². The van der Waals surface area contributed by atoms with Crippen molar-refractivity contribution in [2.75, 3.05) is 13.1 Å². The summed E-state index contributed by atoms with van der Waals surface area (Å²) in [5.41, 5.74) is 8.23. The number of likely N-dealkylation sites (tertiary alicyclic amines) is 1. The Morgan fingerprint density at radius 2 is 2.10 bits per heavy atom. The molecule has 1 aromatic rings. The van der Waals surface area contributed by atoms with Crippen molar-refractivity contribution < 1.29 is 4.79 Å². The molecule has 5 heteroatoms. The van der Waals surface area contributed by atoms with Crippen molar-refractivity contribution in [3.63, 3.8) is 0 Å². The van der Waals surface area contributed by atoms with Gasteiger partial charge in [0.1, 0.15) is 0 Å². The molecule has 20 heavy (non-hydrogen) atoms. The van der Waals surface area contributed by atoms with Crippen molar-refractivity contribution >= 4 is 5.91 Å². The number of aromatic nitrogens is 2. The van der Waals surface area contributed by atoms with E-state index >= 15 is 0 Å². The van der Waals surface area contributed by atoms with Gasteiger partial charge in [0.2, 0.25) is 0 Å². The topological polar surface area (TPSA) is 72.1 Å². The van der Waals surface area contributed by atoms with Crippen LogP contribution in [0.1, 0.15) is 48.4 Å². The minimum Gasteiger partial charge on any atom is -0.339 e. The normalized spacial score (nSPS) is 18.1. The lowest BCUT2D eigenvalue weighted by molar-refractivity contribution is 0.0679. The van der Waals surface area contributed by atoms with Gasteiger partial charge in [-0.05, 0) is 45.1 Å². The Balaban J connectivity index is 2.11. The first-order valence-electron chi connectivity index (χ1n) is 7.41. The summed E-state index contributed by atoms with van der Waals surface area (Å²) in [6.45, 7) is 7.49. The number of nitrogens with two attached hydrogens (primary N) is 1. The average molecular weight is 276 g/mol. The van der Waals surface area contributed by atoms with Crippen molar-refractivity contribution in [1.82, 2.24) is 15.1 Å². The van der Waals surface area contributed by atoms with Crippen LogP contribution in [0.15, 0.2) is 6.07 Å². The molecule has 1 unspecified atom stereocenters. The van der Waals surface area contributed by atoms with E-state index in [1.54, 1.807) is 0 Å². The standard InChI is InChI=1S/C15H24N4O/c1-4-14-13(9-10(2)17-18-14)15(20)19-7-5-12(6-8-19)11(3)16/h9,11-12H,4-8,16H2,1-3H3. The molecule has 1 amide bonds. The Morgan fingerprint density at radius 3 is 2.65 bits per heavy atom. The first-order valence-corrected chi connectivity index (χ1v) is 7.41. The maximum Gasteiger partial charge on any atom is 0.255 e. The molecule has 1 atom stereocenters. The van der Waals surface area contributed by atoms with Crippen LogP contribution in [-0.4, -0.2) is 40.1 Å². The van der Waals surface area contributed by atoms with Gasteiger partial charge in [0.25, 0.3) is 5.91 Å². The second kappa shape index (κ2) is 6.31. The van der Waals surface area contributed by atoms with E-state index < -0.39 is 0 Å². The van der Waals surface area contributed by atoms with E-state index in [1.807, 2.05) is 31.7 Å². The van der Waals surface area contributed by atoms with Gasteiger partial charge in [-0.2, -0.15) is 10.2 Å². The molecule has 1 fully saturated rings. The number of carbonyl (C=O) groups is 1. The fourth-order valence-electron chi connectivity index (χ4n) is 2.76. The summed E-state index contributed by atoms with van der Waals surface area (Å²) in [4.78, 5) is 14.6. The molecule has 5 nitrogen and oxygen atoms in total. The second-order valence-corrected chi connectivity index (χ2v) is 5.69. The predicted molar refractivity (Wildman–Crippen MR) is 78.4 cm³/mol. The van der Waals surface area contributed by atoms with Gasteiger partial charge < -0.3 is 10.6 Å². The zero-order valence-corrected chi connectivity index (χ0v) is 12.6. The second-order valence-electron chi connectivity index (χ2n) is 5.69. The number of nitrogens with zero attached hydrogens (tertiary/aromatic N) is 3. The Labute approximate surface area is 120 Å². The lowest BCUT2D eigenvalue weighted by atomic mass is 9.90. The summed E-state index contributed by atoms with van der Waals surface area (Å²) in [5, 5.41) is 8.17. The van der Waals surface area contributed by atoms with E-state index in [4.69, 9.17) is 5.73 Å². The zero-order valence-electron chi connectivity index (χ0n) is 12.6. The highest BCUT2D eigenvalue weighted by atomic mass is 16.2. The molecular formula is C15H24N4O. The number of aryl methyl sites for hydroxylation is 2. The highest BCUT2D eigenvalue weighted by Gasteiger charge is 2.26. The van der Waals surface area contributed by atoms with Crippen LogP contribution in [0.5, 0.6) is 0 Å². The van der Waals surface area contributed by atoms with E-state index in [1.165, 1.54) is 0 Å². The molecule has 2 rings (SSSR count). The van der Waals surface area contributed by atoms with Gasteiger partial charge in [-0.25, -0.2) is 0 Å². The van der Waals surface area contributed by atoms with Crippen molar-refractivity contribution in [1.29, 1.82) is 0 Å². The van der Waals surface area contributed by atoms with Crippen molar-refractivity contribution in [2.45, 2.75) is 46.1 Å². The zero-order chi connectivity index (χ0) is 14.7. The quantitative estimate of drug-likeness (QED) is 0.909. The third-order valence-electron chi connectivity index (χ3n) is 4.13. The number of hydrogen-bond donors (Lipinski definition) is 1. The van der Waals surface area contributed by atoms with Crippen LogP contribution < -0.4 is 5.73 Å². The summed E-state index contributed by atoms with van der Waals surface area (Å²) in [6.07, 6.45) is 2.70. The number of carbonyl (C=O) groups excluding carboxylic acids is 1. The van der Waals surface area contributed by atoms with Gasteiger partial charge in [-0.3, -0.25) is 4.79 Å². The van der Waals surface area contributed by atoms with Gasteiger partial charge in [-0.1, -0.05) is 6.92 Å². The molecule has 0 radical (unpaired) electrons. The van der Waals surface area contributed by atoms with Gasteiger partial charge in [-0.15, -0.1) is 0 Å². The molecule has 2 N–H and O–H groups in total. The minimum absolute atomic E-state index is 0.0861. The monoisotopic (exact) mass is 276 g/mol. The molecule has 1 aromatic heterocycles. The largest absolute Gasteiger partial charge is 0.339 e. The Bertz CT molecular complexity index is 479. The summed E-state index contributed by atoms with van der Waals surface area (Å²) in [6, 6.07) is 2.06. The SMILES string of the molecule is CCc1nnc(C)cc1C(=O)N1CCC(C(C)N)CC1. The maximum atomic E-state index is 12.6. The minimum atomic E-state index is 0.0861. The fourth-order valence-corrected chi connectivity index (χ4v) is 2.76. The van der Waals surface area contributed by atoms with Crippen molar-refractivity contribution in [3.05, 3.63) is 23.0 Å². The van der Waals surface area contributed by atoms with Crippen LogP contribution in [0.2, 0.25) is 0 Å². The van der Waals surface area contributed by atoms with Crippen LogP contribution in [0.3, 0.4) is 0 Å². The van der Waals surface area contributed by atoms with Crippen LogP contribution in [-0.2, 0) is 6.42 Å². The molecule has 110 valence electrons. The van der Waals surface area contributed by atoms with Crippen LogP contribution in [0.4, 0.5) is 0 Å². The summed E-state index contributed by atoms with van der Waals surface area (Å²) in [5.74, 6) is 0.616. The number of amides is 1. The summed E-state index contributed by atoms with van der Waals surface area (Å²) >= 11 is 0. The van der Waals surface area contributed by atoms with Crippen molar-refractivity contribution in [2.24, 2.45) is 11.7 Å². The average Bonchev–Trinajstić information content (AvgIpc) is 2.46. The predicted octanol–water partition coefficient (Wildman–Crippen LogP) is 1.55. The van der Waals surface area contributed by atoms with Gasteiger partial charge in [0.15, 0.2) is 0 Å². The first kappa shape index (κ1) is 14.9. The fraction of sp³-hybridized carbons (Fsp3) is 0.667. The van der Waals surface area contributed by atoms with E-state index in [0.29, 0.717) is 11.5 Å². The third-order valence-corrected chi connectivity index (χ3v) is 4.13. The van der Waals surface area contributed by atoms with Crippen LogP contribution >= 0.6 is 0 Å². The molecular weight excluding hydrogens is 252 g/mol. The van der Waals surface area contributed by atoms with E-state index in [2.05, 4.69) is 10.2 Å². The Hall–Kier alpha value is -1.49. The maximum absolute atomic E-state index is 12.6. The summed E-state index contributed by atoms with van der Waals surface area (Å²) < 4.78 is 0. The lowest BCUT2D eigenvalue weighted by Crippen LogP contribution is -2.42. The molecule has 0 aromatic carbocycles. The molecule has 0 saturated carbocycles. The van der Waals surface area contributed by atoms with Gasteiger partial charge in [0, 0.05) is 19.1 Å². The molecule has 2 heterocycles. The molecule has 0 spiro atoms. The van der Waals surface area contributed by atoms with Gasteiger partial charge in [0.05, 0.1) is 17.0 Å². The van der Waals surface area contributed by atoms with E-state index in [0.717, 1.165) is 43.7 Å². The van der Waals surface area contributed by atoms with E-state index in [9.17, 15) is 4.79 Å². The lowest BCUT2D eigenvalue weighted by Gasteiger charge is -2.34. The molecule has 0 bridgehead atoms. The highest BCUT2D eigenvalue weighted by Crippen LogP contribution is 2.21. The van der Waals surface area contributed by atoms with Crippen molar-refractivity contribution in [3.8, 4) is 0 Å². The van der Waals surface area contributed by atoms with Gasteiger partial charge >= 0.3 is 0 Å². The molecule has 1 aliphatic rings. The first-order chi connectivity index (χ1) is 9.52. The number of rotatable bonds is 3. The van der Waals surface area contributed by atoms with E-state index in [-0.39, 0.29) is 11.9 Å².